The average molecular weight is 302 g/mol. The molecule has 0 saturated heterocycles. The third-order valence-corrected chi connectivity index (χ3v) is 4.32. The highest BCUT2D eigenvalue weighted by Gasteiger charge is 2.32. The molecule has 1 aliphatic carbocycles. The van der Waals surface area contributed by atoms with E-state index in [2.05, 4.69) is 15.9 Å². The molecule has 0 unspecified atom stereocenters. The van der Waals surface area contributed by atoms with Gasteiger partial charge in [0.15, 0.2) is 0 Å². The molecule has 0 heterocycles. The number of hydrogen-bond donors (Lipinski definition) is 1. The first-order valence-electron chi connectivity index (χ1n) is 5.89. The molecule has 1 aliphatic rings. The monoisotopic (exact) mass is 301 g/mol. The fourth-order valence-electron chi connectivity index (χ4n) is 2.53. The summed E-state index contributed by atoms with van der Waals surface area (Å²) in [5.41, 5.74) is 6.83. The van der Waals surface area contributed by atoms with Crippen LogP contribution in [-0.4, -0.2) is 7.11 Å². The Balaban J connectivity index is 2.46. The standard InChI is InChI=1S/C13H17BrFNO/c1-17-11-8-9(15)7-10(12(11)14)13(16)5-3-2-4-6-13/h7-8H,2-6,16H2,1H3. The van der Waals surface area contributed by atoms with E-state index in [-0.39, 0.29) is 5.82 Å². The Morgan fingerprint density at radius 1 is 1.29 bits per heavy atom. The highest BCUT2D eigenvalue weighted by Crippen LogP contribution is 2.41. The first kappa shape index (κ1) is 12.8. The van der Waals surface area contributed by atoms with E-state index < -0.39 is 5.54 Å². The molecule has 0 spiro atoms. The zero-order valence-electron chi connectivity index (χ0n) is 9.93. The molecule has 1 aromatic carbocycles. The molecule has 4 heteroatoms. The van der Waals surface area contributed by atoms with E-state index in [1.807, 2.05) is 0 Å². The Morgan fingerprint density at radius 3 is 2.53 bits per heavy atom. The van der Waals surface area contributed by atoms with Crippen LogP contribution in [0.15, 0.2) is 16.6 Å². The molecule has 94 valence electrons. The van der Waals surface area contributed by atoms with Crippen LogP contribution in [0.1, 0.15) is 37.7 Å². The number of benzene rings is 1. The Bertz CT molecular complexity index is 416. The zero-order valence-corrected chi connectivity index (χ0v) is 11.5. The van der Waals surface area contributed by atoms with Gasteiger partial charge in [-0.2, -0.15) is 0 Å². The van der Waals surface area contributed by atoms with Gasteiger partial charge in [0.05, 0.1) is 11.6 Å². The van der Waals surface area contributed by atoms with Crippen LogP contribution in [0.3, 0.4) is 0 Å². The van der Waals surface area contributed by atoms with Gasteiger partial charge in [-0.1, -0.05) is 19.3 Å². The van der Waals surface area contributed by atoms with Crippen molar-refractivity contribution in [1.29, 1.82) is 0 Å². The molecular formula is C13H17BrFNO. The highest BCUT2D eigenvalue weighted by atomic mass is 79.9. The lowest BCUT2D eigenvalue weighted by Gasteiger charge is -2.35. The number of halogens is 2. The molecule has 1 saturated carbocycles. The maximum atomic E-state index is 13.6. The first-order valence-corrected chi connectivity index (χ1v) is 6.68. The van der Waals surface area contributed by atoms with E-state index in [0.717, 1.165) is 35.7 Å². The van der Waals surface area contributed by atoms with E-state index in [9.17, 15) is 4.39 Å². The average Bonchev–Trinajstić information content (AvgIpc) is 2.32. The van der Waals surface area contributed by atoms with Crippen LogP contribution < -0.4 is 10.5 Å². The van der Waals surface area contributed by atoms with Gasteiger partial charge in [0.1, 0.15) is 11.6 Å². The molecule has 0 aliphatic heterocycles. The van der Waals surface area contributed by atoms with Crippen molar-refractivity contribution in [1.82, 2.24) is 0 Å². The molecular weight excluding hydrogens is 285 g/mol. The predicted molar refractivity (Wildman–Crippen MR) is 69.6 cm³/mol. The van der Waals surface area contributed by atoms with Crippen LogP contribution in [0.4, 0.5) is 4.39 Å². The van der Waals surface area contributed by atoms with Gasteiger partial charge in [0, 0.05) is 11.6 Å². The van der Waals surface area contributed by atoms with Crippen LogP contribution >= 0.6 is 15.9 Å². The van der Waals surface area contributed by atoms with Crippen LogP contribution in [0.5, 0.6) is 5.75 Å². The molecule has 0 radical (unpaired) electrons. The van der Waals surface area contributed by atoms with Gasteiger partial charge in [-0.3, -0.25) is 0 Å². The summed E-state index contributed by atoms with van der Waals surface area (Å²) >= 11 is 3.47. The van der Waals surface area contributed by atoms with Crippen LogP contribution in [0.25, 0.3) is 0 Å². The van der Waals surface area contributed by atoms with Gasteiger partial charge in [0.25, 0.3) is 0 Å². The maximum absolute atomic E-state index is 13.6. The second-order valence-electron chi connectivity index (χ2n) is 4.69. The molecule has 0 amide bonds. The summed E-state index contributed by atoms with van der Waals surface area (Å²) in [4.78, 5) is 0. The van der Waals surface area contributed by atoms with Crippen LogP contribution in [-0.2, 0) is 5.54 Å². The van der Waals surface area contributed by atoms with Gasteiger partial charge >= 0.3 is 0 Å². The van der Waals surface area contributed by atoms with Gasteiger partial charge in [0.2, 0.25) is 0 Å². The summed E-state index contributed by atoms with van der Waals surface area (Å²) in [5, 5.41) is 0. The smallest absolute Gasteiger partial charge is 0.136 e. The van der Waals surface area contributed by atoms with Gasteiger partial charge in [-0.05, 0) is 40.4 Å². The van der Waals surface area contributed by atoms with Crippen molar-refractivity contribution in [2.75, 3.05) is 7.11 Å². The zero-order chi connectivity index (χ0) is 12.5. The second-order valence-corrected chi connectivity index (χ2v) is 5.48. The summed E-state index contributed by atoms with van der Waals surface area (Å²) in [6.07, 6.45) is 5.21. The SMILES string of the molecule is COc1cc(F)cc(C2(N)CCCCC2)c1Br. The Kier molecular flexibility index (Phi) is 3.73. The Hall–Kier alpha value is -0.610. The Morgan fingerprint density at radius 2 is 1.94 bits per heavy atom. The van der Waals surface area contributed by atoms with E-state index in [4.69, 9.17) is 10.5 Å². The molecule has 1 aromatic rings. The molecule has 17 heavy (non-hydrogen) atoms. The van der Waals surface area contributed by atoms with E-state index >= 15 is 0 Å². The summed E-state index contributed by atoms with van der Waals surface area (Å²) < 4.78 is 19.5. The number of hydrogen-bond acceptors (Lipinski definition) is 2. The minimum atomic E-state index is -0.424. The molecule has 0 bridgehead atoms. The highest BCUT2D eigenvalue weighted by molar-refractivity contribution is 9.10. The second kappa shape index (κ2) is 4.94. The van der Waals surface area contributed by atoms with Crippen molar-refractivity contribution in [3.8, 4) is 5.75 Å². The third-order valence-electron chi connectivity index (χ3n) is 3.51. The summed E-state index contributed by atoms with van der Waals surface area (Å²) in [7, 11) is 1.54. The third kappa shape index (κ3) is 2.47. The fourth-order valence-corrected chi connectivity index (χ4v) is 3.31. The molecule has 1 fully saturated rings. The fraction of sp³-hybridized carbons (Fsp3) is 0.538. The summed E-state index contributed by atoms with van der Waals surface area (Å²) in [6, 6.07) is 2.90. The molecule has 2 rings (SSSR count). The van der Waals surface area contributed by atoms with E-state index in [1.165, 1.54) is 25.7 Å². The number of ether oxygens (including phenoxy) is 1. The number of nitrogens with two attached hydrogens (primary N) is 1. The van der Waals surface area contributed by atoms with Crippen molar-refractivity contribution < 1.29 is 9.13 Å². The van der Waals surface area contributed by atoms with Crippen molar-refractivity contribution in [2.45, 2.75) is 37.6 Å². The quantitative estimate of drug-likeness (QED) is 0.903. The van der Waals surface area contributed by atoms with E-state index in [1.54, 1.807) is 0 Å². The molecule has 0 atom stereocenters. The van der Waals surface area contributed by atoms with Gasteiger partial charge in [-0.25, -0.2) is 4.39 Å². The van der Waals surface area contributed by atoms with Crippen LogP contribution in [0, 0.1) is 5.82 Å². The maximum Gasteiger partial charge on any atom is 0.136 e. The number of methoxy groups -OCH3 is 1. The predicted octanol–water partition coefficient (Wildman–Crippen LogP) is 3.71. The number of rotatable bonds is 2. The van der Waals surface area contributed by atoms with Crippen LogP contribution in [0.2, 0.25) is 0 Å². The largest absolute Gasteiger partial charge is 0.495 e. The van der Waals surface area contributed by atoms with Gasteiger partial charge in [-0.15, -0.1) is 0 Å². The lowest BCUT2D eigenvalue weighted by Crippen LogP contribution is -2.39. The first-order chi connectivity index (χ1) is 8.07. The van der Waals surface area contributed by atoms with Gasteiger partial charge < -0.3 is 10.5 Å². The van der Waals surface area contributed by atoms with Crippen molar-refractivity contribution >= 4 is 15.9 Å². The molecule has 2 N–H and O–H groups in total. The summed E-state index contributed by atoms with van der Waals surface area (Å²) in [6.45, 7) is 0. The van der Waals surface area contributed by atoms with Crippen molar-refractivity contribution in [2.24, 2.45) is 5.73 Å². The topological polar surface area (TPSA) is 35.2 Å². The molecule has 0 aromatic heterocycles. The lowest BCUT2D eigenvalue weighted by atomic mass is 9.77. The van der Waals surface area contributed by atoms with E-state index in [0.29, 0.717) is 5.75 Å². The Labute approximate surface area is 109 Å². The van der Waals surface area contributed by atoms with Crippen molar-refractivity contribution in [3.63, 3.8) is 0 Å². The van der Waals surface area contributed by atoms with Crippen molar-refractivity contribution in [3.05, 3.63) is 28.0 Å². The molecule has 2 nitrogen and oxygen atoms in total. The lowest BCUT2D eigenvalue weighted by molar-refractivity contribution is 0.298. The minimum Gasteiger partial charge on any atom is -0.495 e. The summed E-state index contributed by atoms with van der Waals surface area (Å²) in [5.74, 6) is 0.214. The normalized spacial score (nSPS) is 19.1. The minimum absolute atomic E-state index is 0.296.